The van der Waals surface area contributed by atoms with Gasteiger partial charge < -0.3 is 5.32 Å². The van der Waals surface area contributed by atoms with E-state index in [2.05, 4.69) is 66.9 Å². The van der Waals surface area contributed by atoms with E-state index in [4.69, 9.17) is 4.98 Å². The first-order valence-electron chi connectivity index (χ1n) is 10.2. The van der Waals surface area contributed by atoms with E-state index in [1.807, 2.05) is 25.1 Å². The highest BCUT2D eigenvalue weighted by Crippen LogP contribution is 2.33. The molecule has 0 bridgehead atoms. The number of imidazole rings is 1. The fraction of sp³-hybridized carbons (Fsp3) is 0.280. The first-order chi connectivity index (χ1) is 14.0. The molecule has 146 valence electrons. The van der Waals surface area contributed by atoms with Gasteiger partial charge in [-0.25, -0.2) is 4.98 Å². The lowest BCUT2D eigenvalue weighted by Gasteiger charge is -2.22. The van der Waals surface area contributed by atoms with Crippen LogP contribution < -0.4 is 5.32 Å². The van der Waals surface area contributed by atoms with E-state index >= 15 is 0 Å². The van der Waals surface area contributed by atoms with Crippen LogP contribution in [0, 0.1) is 25.2 Å². The van der Waals surface area contributed by atoms with Crippen molar-refractivity contribution < 1.29 is 0 Å². The average molecular weight is 383 g/mol. The van der Waals surface area contributed by atoms with Gasteiger partial charge in [0, 0.05) is 18.0 Å². The highest BCUT2D eigenvalue weighted by Gasteiger charge is 2.21. The summed E-state index contributed by atoms with van der Waals surface area (Å²) in [5, 5.41) is 13.7. The van der Waals surface area contributed by atoms with Crippen molar-refractivity contribution in [3.8, 4) is 6.07 Å². The number of aromatic nitrogens is 2. The lowest BCUT2D eigenvalue weighted by atomic mass is 9.97. The van der Waals surface area contributed by atoms with Crippen LogP contribution in [-0.2, 0) is 6.42 Å². The molecule has 29 heavy (non-hydrogen) atoms. The number of pyridine rings is 1. The van der Waals surface area contributed by atoms with Crippen LogP contribution >= 0.6 is 0 Å². The van der Waals surface area contributed by atoms with Crippen molar-refractivity contribution in [2.45, 2.75) is 46.6 Å². The van der Waals surface area contributed by atoms with Gasteiger partial charge in [-0.15, -0.1) is 0 Å². The molecule has 0 fully saturated rings. The number of benzene rings is 2. The minimum Gasteiger partial charge on any atom is -0.368 e. The summed E-state index contributed by atoms with van der Waals surface area (Å²) in [6.45, 7) is 8.51. The number of hydrogen-bond acceptors (Lipinski definition) is 3. The van der Waals surface area contributed by atoms with E-state index < -0.39 is 0 Å². The summed E-state index contributed by atoms with van der Waals surface area (Å²) in [5.41, 5.74) is 7.94. The molecule has 2 heterocycles. The number of nitrogens with zero attached hydrogens (tertiary/aromatic N) is 3. The Morgan fingerprint density at radius 2 is 1.83 bits per heavy atom. The van der Waals surface area contributed by atoms with Crippen LogP contribution in [0.4, 0.5) is 5.82 Å². The number of rotatable bonds is 5. The number of para-hydroxylation sites is 2. The van der Waals surface area contributed by atoms with Crippen LogP contribution in [0.15, 0.2) is 48.5 Å². The molecule has 1 atom stereocenters. The molecule has 2 aromatic heterocycles. The van der Waals surface area contributed by atoms with E-state index in [9.17, 15) is 5.26 Å². The average Bonchev–Trinajstić information content (AvgIpc) is 3.11. The quantitative estimate of drug-likeness (QED) is 0.476. The predicted molar refractivity (Wildman–Crippen MR) is 120 cm³/mol. The summed E-state index contributed by atoms with van der Waals surface area (Å²) >= 11 is 0. The summed E-state index contributed by atoms with van der Waals surface area (Å²) in [4.78, 5) is 4.80. The molecule has 4 aromatic rings. The van der Waals surface area contributed by atoms with Crippen LogP contribution in [0.5, 0.6) is 0 Å². The van der Waals surface area contributed by atoms with Gasteiger partial charge in [0.15, 0.2) is 5.65 Å². The molecule has 4 heteroatoms. The van der Waals surface area contributed by atoms with Gasteiger partial charge in [0.05, 0.1) is 16.6 Å². The van der Waals surface area contributed by atoms with Crippen molar-refractivity contribution in [3.05, 3.63) is 76.3 Å². The Morgan fingerprint density at radius 1 is 1.10 bits per heavy atom. The molecule has 0 unspecified atom stereocenters. The SMILES string of the molecule is CC[C@@H](C)Nc1c(Cc2ccc(C)cc2)c(C)c(C#N)c2nc3ccccc3n12. The maximum absolute atomic E-state index is 9.96. The fourth-order valence-corrected chi connectivity index (χ4v) is 3.80. The second kappa shape index (κ2) is 7.60. The van der Waals surface area contributed by atoms with Crippen molar-refractivity contribution in [3.63, 3.8) is 0 Å². The smallest absolute Gasteiger partial charge is 0.157 e. The molecule has 0 saturated heterocycles. The Bertz CT molecular complexity index is 1230. The van der Waals surface area contributed by atoms with Gasteiger partial charge in [0.1, 0.15) is 11.9 Å². The maximum Gasteiger partial charge on any atom is 0.157 e. The molecule has 0 spiro atoms. The van der Waals surface area contributed by atoms with Crippen molar-refractivity contribution in [2.75, 3.05) is 5.32 Å². The van der Waals surface area contributed by atoms with Crippen molar-refractivity contribution >= 4 is 22.5 Å². The standard InChI is InChI=1S/C25H26N4/c1-5-17(3)27-24-20(14-19-12-10-16(2)11-13-19)18(4)21(15-26)25-28-22-8-6-7-9-23(22)29(24)25/h6-13,17,27H,5,14H2,1-4H3/t17-/m1/s1. The molecule has 4 rings (SSSR count). The Balaban J connectivity index is 2.05. The van der Waals surface area contributed by atoms with Gasteiger partial charge in [-0.1, -0.05) is 48.9 Å². The van der Waals surface area contributed by atoms with Gasteiger partial charge in [-0.3, -0.25) is 4.40 Å². The first-order valence-corrected chi connectivity index (χ1v) is 10.2. The van der Waals surface area contributed by atoms with Gasteiger partial charge in [-0.2, -0.15) is 5.26 Å². The summed E-state index contributed by atoms with van der Waals surface area (Å²) in [6.07, 6.45) is 1.78. The molecule has 0 aliphatic carbocycles. The molecule has 2 aromatic carbocycles. The zero-order chi connectivity index (χ0) is 20.5. The number of anilines is 1. The lowest BCUT2D eigenvalue weighted by molar-refractivity contribution is 0.754. The zero-order valence-electron chi connectivity index (χ0n) is 17.5. The van der Waals surface area contributed by atoms with Gasteiger partial charge in [0.25, 0.3) is 0 Å². The van der Waals surface area contributed by atoms with Gasteiger partial charge >= 0.3 is 0 Å². The molecular weight excluding hydrogens is 356 g/mol. The molecule has 1 N–H and O–H groups in total. The van der Waals surface area contributed by atoms with Gasteiger partial charge in [-0.05, 0) is 50.5 Å². The van der Waals surface area contributed by atoms with E-state index in [1.54, 1.807) is 0 Å². The predicted octanol–water partition coefficient (Wildman–Crippen LogP) is 5.78. The zero-order valence-corrected chi connectivity index (χ0v) is 17.5. The largest absolute Gasteiger partial charge is 0.368 e. The second-order valence-corrected chi connectivity index (χ2v) is 7.81. The topological polar surface area (TPSA) is 53.1 Å². The molecule has 0 amide bonds. The highest BCUT2D eigenvalue weighted by atomic mass is 15.1. The molecule has 4 nitrogen and oxygen atoms in total. The van der Waals surface area contributed by atoms with Crippen molar-refractivity contribution in [1.29, 1.82) is 5.26 Å². The minimum atomic E-state index is 0.309. The number of aryl methyl sites for hydroxylation is 1. The molecule has 0 saturated carbocycles. The van der Waals surface area contributed by atoms with Crippen LogP contribution in [-0.4, -0.2) is 15.4 Å². The van der Waals surface area contributed by atoms with Crippen molar-refractivity contribution in [1.82, 2.24) is 9.38 Å². The van der Waals surface area contributed by atoms with Crippen molar-refractivity contribution in [2.24, 2.45) is 0 Å². The Hall–Kier alpha value is -3.32. The fourth-order valence-electron chi connectivity index (χ4n) is 3.80. The maximum atomic E-state index is 9.96. The molecule has 0 aliphatic rings. The number of hydrogen-bond donors (Lipinski definition) is 1. The monoisotopic (exact) mass is 382 g/mol. The van der Waals surface area contributed by atoms with E-state index in [0.29, 0.717) is 11.6 Å². The minimum absolute atomic E-state index is 0.309. The van der Waals surface area contributed by atoms with E-state index in [-0.39, 0.29) is 0 Å². The number of nitrogens with one attached hydrogen (secondary N) is 1. The van der Waals surface area contributed by atoms with E-state index in [0.717, 1.165) is 46.5 Å². The van der Waals surface area contributed by atoms with Crippen LogP contribution in [0.25, 0.3) is 16.7 Å². The Morgan fingerprint density at radius 3 is 2.52 bits per heavy atom. The van der Waals surface area contributed by atoms with Crippen LogP contribution in [0.2, 0.25) is 0 Å². The van der Waals surface area contributed by atoms with Gasteiger partial charge in [0.2, 0.25) is 0 Å². The summed E-state index contributed by atoms with van der Waals surface area (Å²) in [7, 11) is 0. The Kier molecular flexibility index (Phi) is 4.98. The number of fused-ring (bicyclic) bond motifs is 3. The molecule has 0 aliphatic heterocycles. The third-order valence-corrected chi connectivity index (χ3v) is 5.73. The van der Waals surface area contributed by atoms with E-state index in [1.165, 1.54) is 11.1 Å². The van der Waals surface area contributed by atoms with Crippen LogP contribution in [0.1, 0.15) is 48.1 Å². The normalized spacial score (nSPS) is 12.2. The third-order valence-electron chi connectivity index (χ3n) is 5.73. The summed E-state index contributed by atoms with van der Waals surface area (Å²) < 4.78 is 2.14. The summed E-state index contributed by atoms with van der Waals surface area (Å²) in [5.74, 6) is 1.04. The number of nitriles is 1. The second-order valence-electron chi connectivity index (χ2n) is 7.81. The van der Waals surface area contributed by atoms with Crippen LogP contribution in [0.3, 0.4) is 0 Å². The summed E-state index contributed by atoms with van der Waals surface area (Å²) in [6, 6.07) is 19.4. The highest BCUT2D eigenvalue weighted by molar-refractivity contribution is 5.86. The third kappa shape index (κ3) is 3.34. The molecule has 0 radical (unpaired) electrons. The first kappa shape index (κ1) is 19.0. The molecular formula is C25H26N4. The Labute approximate surface area is 171 Å². The lowest BCUT2D eigenvalue weighted by Crippen LogP contribution is -2.19.